The highest BCUT2D eigenvalue weighted by Crippen LogP contribution is 2.21. The van der Waals surface area contributed by atoms with Gasteiger partial charge >= 0.3 is 0 Å². The third kappa shape index (κ3) is 3.77. The summed E-state index contributed by atoms with van der Waals surface area (Å²) >= 11 is 6.39. The molecule has 0 bridgehead atoms. The molecule has 0 aliphatic carbocycles. The Morgan fingerprint density at radius 1 is 1.19 bits per heavy atom. The van der Waals surface area contributed by atoms with Gasteiger partial charge in [0.1, 0.15) is 5.75 Å². The Hall–Kier alpha value is -1.52. The summed E-state index contributed by atoms with van der Waals surface area (Å²) in [4.78, 5) is 0. The standard InChI is InChI=1S/C16H22ClN3O/c1-4-14-16(17)15(20(5-2)19-14)11-18-10-12-6-8-13(21-3)9-7-12/h6-9,18H,4-5,10-11H2,1-3H3. The summed E-state index contributed by atoms with van der Waals surface area (Å²) in [6, 6.07) is 8.05. The van der Waals surface area contributed by atoms with Crippen molar-refractivity contribution in [3.8, 4) is 5.75 Å². The normalized spacial score (nSPS) is 10.9. The Kier molecular flexibility index (Phi) is 5.65. The molecule has 0 saturated heterocycles. The maximum absolute atomic E-state index is 6.39. The minimum absolute atomic E-state index is 0.714. The smallest absolute Gasteiger partial charge is 0.118 e. The van der Waals surface area contributed by atoms with Crippen molar-refractivity contribution in [2.75, 3.05) is 7.11 Å². The zero-order valence-corrected chi connectivity index (χ0v) is 13.6. The second kappa shape index (κ2) is 7.48. The van der Waals surface area contributed by atoms with Crippen molar-refractivity contribution in [3.05, 3.63) is 46.2 Å². The van der Waals surface area contributed by atoms with Crippen LogP contribution in [0.1, 0.15) is 30.8 Å². The van der Waals surface area contributed by atoms with Gasteiger partial charge in [-0.2, -0.15) is 5.10 Å². The number of benzene rings is 1. The summed E-state index contributed by atoms with van der Waals surface area (Å²) in [5, 5.41) is 8.74. The van der Waals surface area contributed by atoms with Gasteiger partial charge < -0.3 is 10.1 Å². The van der Waals surface area contributed by atoms with Crippen molar-refractivity contribution in [1.82, 2.24) is 15.1 Å². The van der Waals surface area contributed by atoms with Crippen molar-refractivity contribution in [3.63, 3.8) is 0 Å². The highest BCUT2D eigenvalue weighted by molar-refractivity contribution is 6.31. The molecule has 4 nitrogen and oxygen atoms in total. The lowest BCUT2D eigenvalue weighted by Crippen LogP contribution is -2.16. The van der Waals surface area contributed by atoms with Gasteiger partial charge in [-0.3, -0.25) is 4.68 Å². The molecule has 0 atom stereocenters. The van der Waals surface area contributed by atoms with Crippen LogP contribution in [0.2, 0.25) is 5.02 Å². The molecule has 21 heavy (non-hydrogen) atoms. The molecule has 1 aromatic carbocycles. The fourth-order valence-corrected chi connectivity index (χ4v) is 2.59. The van der Waals surface area contributed by atoms with E-state index in [2.05, 4.69) is 36.4 Å². The molecule has 5 heteroatoms. The van der Waals surface area contributed by atoms with Crippen LogP contribution in [0.3, 0.4) is 0 Å². The van der Waals surface area contributed by atoms with Crippen LogP contribution in [0.15, 0.2) is 24.3 Å². The molecule has 0 spiro atoms. The highest BCUT2D eigenvalue weighted by atomic mass is 35.5. The van der Waals surface area contributed by atoms with E-state index >= 15 is 0 Å². The molecule has 0 saturated carbocycles. The van der Waals surface area contributed by atoms with Gasteiger partial charge in [-0.05, 0) is 31.0 Å². The van der Waals surface area contributed by atoms with Gasteiger partial charge in [-0.25, -0.2) is 0 Å². The van der Waals surface area contributed by atoms with E-state index in [0.29, 0.717) is 6.54 Å². The maximum Gasteiger partial charge on any atom is 0.118 e. The number of aromatic nitrogens is 2. The van der Waals surface area contributed by atoms with E-state index in [-0.39, 0.29) is 0 Å². The predicted molar refractivity (Wildman–Crippen MR) is 85.8 cm³/mol. The third-order valence-corrected chi connectivity index (χ3v) is 3.91. The molecule has 0 unspecified atom stereocenters. The number of ether oxygens (including phenoxy) is 1. The highest BCUT2D eigenvalue weighted by Gasteiger charge is 2.13. The van der Waals surface area contributed by atoms with E-state index in [1.54, 1.807) is 7.11 Å². The van der Waals surface area contributed by atoms with Crippen LogP contribution in [0.4, 0.5) is 0 Å². The minimum atomic E-state index is 0.714. The Labute approximate surface area is 131 Å². The second-order valence-corrected chi connectivity index (χ2v) is 5.21. The van der Waals surface area contributed by atoms with Gasteiger partial charge in [0.2, 0.25) is 0 Å². The molecule has 2 rings (SSSR count). The van der Waals surface area contributed by atoms with Crippen LogP contribution in [0.25, 0.3) is 0 Å². The van der Waals surface area contributed by atoms with Crippen molar-refractivity contribution in [1.29, 1.82) is 0 Å². The number of hydrogen-bond donors (Lipinski definition) is 1. The van der Waals surface area contributed by atoms with E-state index in [4.69, 9.17) is 16.3 Å². The third-order valence-electron chi connectivity index (χ3n) is 3.47. The van der Waals surface area contributed by atoms with Crippen molar-refractivity contribution in [2.24, 2.45) is 0 Å². The summed E-state index contributed by atoms with van der Waals surface area (Å²) in [7, 11) is 1.67. The molecule has 0 radical (unpaired) electrons. The molecular formula is C16H22ClN3O. The number of hydrogen-bond acceptors (Lipinski definition) is 3. The van der Waals surface area contributed by atoms with Crippen LogP contribution < -0.4 is 10.1 Å². The minimum Gasteiger partial charge on any atom is -0.497 e. The van der Waals surface area contributed by atoms with Crippen LogP contribution in [0, 0.1) is 0 Å². The summed E-state index contributed by atoms with van der Waals surface area (Å²) in [5.41, 5.74) is 3.24. The first-order chi connectivity index (χ1) is 10.2. The van der Waals surface area contributed by atoms with E-state index < -0.39 is 0 Å². The van der Waals surface area contributed by atoms with Crippen LogP contribution >= 0.6 is 11.6 Å². The van der Waals surface area contributed by atoms with Crippen molar-refractivity contribution < 1.29 is 4.74 Å². The van der Waals surface area contributed by atoms with E-state index in [1.807, 2.05) is 16.8 Å². The topological polar surface area (TPSA) is 39.1 Å². The lowest BCUT2D eigenvalue weighted by Gasteiger charge is -2.08. The molecule has 1 N–H and O–H groups in total. The van der Waals surface area contributed by atoms with Gasteiger partial charge in [-0.15, -0.1) is 0 Å². The molecule has 0 fully saturated rings. The zero-order valence-electron chi connectivity index (χ0n) is 12.8. The van der Waals surface area contributed by atoms with Gasteiger partial charge in [0.05, 0.1) is 23.5 Å². The van der Waals surface area contributed by atoms with Gasteiger partial charge in [0, 0.05) is 19.6 Å². The first-order valence-electron chi connectivity index (χ1n) is 7.27. The van der Waals surface area contributed by atoms with E-state index in [0.717, 1.165) is 41.7 Å². The lowest BCUT2D eigenvalue weighted by atomic mass is 10.2. The summed E-state index contributed by atoms with van der Waals surface area (Å²) in [6.45, 7) is 6.49. The molecule has 0 aliphatic heterocycles. The Bertz CT molecular complexity index is 578. The summed E-state index contributed by atoms with van der Waals surface area (Å²) in [6.07, 6.45) is 0.858. The van der Waals surface area contributed by atoms with E-state index in [1.165, 1.54) is 5.56 Å². The molecular weight excluding hydrogens is 286 g/mol. The average Bonchev–Trinajstić information content (AvgIpc) is 2.84. The van der Waals surface area contributed by atoms with Crippen LogP contribution in [-0.4, -0.2) is 16.9 Å². The Morgan fingerprint density at radius 2 is 1.90 bits per heavy atom. The molecule has 1 heterocycles. The maximum atomic E-state index is 6.39. The largest absolute Gasteiger partial charge is 0.497 e. The number of nitrogens with zero attached hydrogens (tertiary/aromatic N) is 2. The lowest BCUT2D eigenvalue weighted by molar-refractivity contribution is 0.414. The quantitative estimate of drug-likeness (QED) is 0.852. The molecule has 2 aromatic rings. The van der Waals surface area contributed by atoms with Crippen molar-refractivity contribution in [2.45, 2.75) is 39.9 Å². The molecule has 0 aliphatic rings. The van der Waals surface area contributed by atoms with Gasteiger partial charge in [0.15, 0.2) is 0 Å². The number of halogens is 1. The monoisotopic (exact) mass is 307 g/mol. The predicted octanol–water partition coefficient (Wildman–Crippen LogP) is 3.42. The van der Waals surface area contributed by atoms with Crippen LogP contribution in [0.5, 0.6) is 5.75 Å². The summed E-state index contributed by atoms with van der Waals surface area (Å²) < 4.78 is 7.13. The van der Waals surface area contributed by atoms with E-state index in [9.17, 15) is 0 Å². The Morgan fingerprint density at radius 3 is 2.48 bits per heavy atom. The Balaban J connectivity index is 1.97. The van der Waals surface area contributed by atoms with Crippen LogP contribution in [-0.2, 0) is 26.1 Å². The fraction of sp³-hybridized carbons (Fsp3) is 0.438. The van der Waals surface area contributed by atoms with Gasteiger partial charge in [-0.1, -0.05) is 30.7 Å². The first kappa shape index (κ1) is 15.9. The molecule has 0 amide bonds. The summed E-state index contributed by atoms with van der Waals surface area (Å²) in [5.74, 6) is 0.874. The fourth-order valence-electron chi connectivity index (χ4n) is 2.25. The second-order valence-electron chi connectivity index (χ2n) is 4.83. The SMILES string of the molecule is CCc1nn(CC)c(CNCc2ccc(OC)cc2)c1Cl. The number of aryl methyl sites for hydroxylation is 2. The number of rotatable bonds is 7. The van der Waals surface area contributed by atoms with Gasteiger partial charge in [0.25, 0.3) is 0 Å². The number of nitrogens with one attached hydrogen (secondary N) is 1. The molecule has 1 aromatic heterocycles. The first-order valence-corrected chi connectivity index (χ1v) is 7.65. The molecule has 114 valence electrons. The average molecular weight is 308 g/mol. The zero-order chi connectivity index (χ0) is 15.2. The number of methoxy groups -OCH3 is 1. The van der Waals surface area contributed by atoms with Crippen molar-refractivity contribution >= 4 is 11.6 Å².